The van der Waals surface area contributed by atoms with Gasteiger partial charge in [0.25, 0.3) is 0 Å². The van der Waals surface area contributed by atoms with E-state index in [1.54, 1.807) is 7.11 Å². The van der Waals surface area contributed by atoms with Gasteiger partial charge in [0.05, 0.1) is 6.10 Å². The van der Waals surface area contributed by atoms with Crippen LogP contribution in [0, 0.1) is 0 Å². The van der Waals surface area contributed by atoms with E-state index < -0.39 is 0 Å². The van der Waals surface area contributed by atoms with E-state index in [-0.39, 0.29) is 0 Å². The van der Waals surface area contributed by atoms with E-state index in [0.717, 1.165) is 25.8 Å². The molecule has 1 aromatic rings. The summed E-state index contributed by atoms with van der Waals surface area (Å²) in [6, 6.07) is 9.86. The molecule has 0 spiro atoms. The van der Waals surface area contributed by atoms with E-state index in [0.29, 0.717) is 24.7 Å². The lowest BCUT2D eigenvalue weighted by Crippen LogP contribution is -2.49. The number of nitrogens with two attached hydrogens (primary N) is 1. The summed E-state index contributed by atoms with van der Waals surface area (Å²) in [4.78, 5) is 2.54. The molecule has 0 aromatic heterocycles. The van der Waals surface area contributed by atoms with Gasteiger partial charge >= 0.3 is 0 Å². The van der Waals surface area contributed by atoms with E-state index in [2.05, 4.69) is 43.0 Å². The summed E-state index contributed by atoms with van der Waals surface area (Å²) in [5, 5.41) is 0. The number of likely N-dealkylation sites (tertiary alicyclic amines) is 1. The van der Waals surface area contributed by atoms with Crippen molar-refractivity contribution < 1.29 is 4.74 Å². The van der Waals surface area contributed by atoms with Crippen molar-refractivity contribution in [3.8, 4) is 0 Å². The molecule has 3 unspecified atom stereocenters. The fourth-order valence-corrected chi connectivity index (χ4v) is 3.21. The Kier molecular flexibility index (Phi) is 5.58. The van der Waals surface area contributed by atoms with E-state index in [9.17, 15) is 0 Å². The van der Waals surface area contributed by atoms with Crippen molar-refractivity contribution in [2.24, 2.45) is 5.73 Å². The summed E-state index contributed by atoms with van der Waals surface area (Å²) in [6.07, 6.45) is 3.61. The molecule has 0 amide bonds. The molecule has 1 aliphatic heterocycles. The highest BCUT2D eigenvalue weighted by Crippen LogP contribution is 2.29. The zero-order valence-electron chi connectivity index (χ0n) is 13.0. The molecule has 112 valence electrons. The first-order chi connectivity index (χ1) is 9.69. The molecule has 20 heavy (non-hydrogen) atoms. The fourth-order valence-electron chi connectivity index (χ4n) is 3.21. The number of benzene rings is 1. The highest BCUT2D eigenvalue weighted by atomic mass is 16.5. The average Bonchev–Trinajstić information content (AvgIpc) is 2.53. The molecule has 1 heterocycles. The predicted octanol–water partition coefficient (Wildman–Crippen LogP) is 2.75. The van der Waals surface area contributed by atoms with Gasteiger partial charge in [-0.1, -0.05) is 31.2 Å². The molecule has 1 aromatic carbocycles. The molecule has 0 radical (unpaired) electrons. The van der Waals surface area contributed by atoms with Gasteiger partial charge in [-0.25, -0.2) is 0 Å². The minimum Gasteiger partial charge on any atom is -0.381 e. The Bertz CT molecular complexity index is 404. The van der Waals surface area contributed by atoms with Crippen LogP contribution in [-0.2, 0) is 11.2 Å². The molecule has 3 heteroatoms. The van der Waals surface area contributed by atoms with E-state index in [1.807, 2.05) is 0 Å². The lowest BCUT2D eigenvalue weighted by Gasteiger charge is -2.42. The second kappa shape index (κ2) is 7.21. The molecule has 3 nitrogen and oxygen atoms in total. The Balaban J connectivity index is 2.08. The van der Waals surface area contributed by atoms with Gasteiger partial charge in [0.2, 0.25) is 0 Å². The number of methoxy groups -OCH3 is 1. The molecule has 1 fully saturated rings. The van der Waals surface area contributed by atoms with Crippen LogP contribution >= 0.6 is 0 Å². The zero-order chi connectivity index (χ0) is 14.5. The lowest BCUT2D eigenvalue weighted by atomic mass is 9.94. The third-order valence-corrected chi connectivity index (χ3v) is 4.69. The first-order valence-electron chi connectivity index (χ1n) is 7.77. The van der Waals surface area contributed by atoms with Crippen LogP contribution in [0.15, 0.2) is 24.3 Å². The average molecular weight is 276 g/mol. The van der Waals surface area contributed by atoms with Gasteiger partial charge in [-0.2, -0.15) is 0 Å². The summed E-state index contributed by atoms with van der Waals surface area (Å²) < 4.78 is 5.51. The van der Waals surface area contributed by atoms with E-state index in [1.165, 1.54) is 11.1 Å². The summed E-state index contributed by atoms with van der Waals surface area (Å²) in [5.74, 6) is 0. The Labute approximate surface area is 123 Å². The first-order valence-corrected chi connectivity index (χ1v) is 7.77. The third-order valence-electron chi connectivity index (χ3n) is 4.69. The van der Waals surface area contributed by atoms with Gasteiger partial charge in [0.1, 0.15) is 0 Å². The van der Waals surface area contributed by atoms with Crippen LogP contribution in [0.2, 0.25) is 0 Å². The number of hydrogen-bond donors (Lipinski definition) is 1. The van der Waals surface area contributed by atoms with Crippen LogP contribution < -0.4 is 5.73 Å². The molecule has 0 aliphatic carbocycles. The zero-order valence-corrected chi connectivity index (χ0v) is 13.0. The number of ether oxygens (including phenoxy) is 1. The number of piperidine rings is 1. The van der Waals surface area contributed by atoms with Crippen molar-refractivity contribution in [2.75, 3.05) is 20.2 Å². The Hall–Kier alpha value is -0.900. The van der Waals surface area contributed by atoms with Gasteiger partial charge in [-0.15, -0.1) is 0 Å². The van der Waals surface area contributed by atoms with Crippen molar-refractivity contribution in [3.63, 3.8) is 0 Å². The monoisotopic (exact) mass is 276 g/mol. The van der Waals surface area contributed by atoms with Crippen LogP contribution in [-0.4, -0.2) is 37.2 Å². The highest BCUT2D eigenvalue weighted by molar-refractivity contribution is 5.25. The minimum absolute atomic E-state index is 0.370. The molecular formula is C17H28N2O. The maximum atomic E-state index is 5.97. The predicted molar refractivity (Wildman–Crippen MR) is 83.8 cm³/mol. The van der Waals surface area contributed by atoms with E-state index >= 15 is 0 Å². The Morgan fingerprint density at radius 1 is 1.35 bits per heavy atom. The van der Waals surface area contributed by atoms with Gasteiger partial charge in [0.15, 0.2) is 0 Å². The second-order valence-corrected chi connectivity index (χ2v) is 5.78. The molecular weight excluding hydrogens is 248 g/mol. The Morgan fingerprint density at radius 3 is 2.60 bits per heavy atom. The number of rotatable bonds is 5. The third kappa shape index (κ3) is 3.40. The van der Waals surface area contributed by atoms with Crippen molar-refractivity contribution in [3.05, 3.63) is 35.4 Å². The maximum Gasteiger partial charge on any atom is 0.0599 e. The standard InChI is InChI=1S/C17H28N2O/c1-4-14-5-7-15(8-6-14)13(2)19-10-9-17(20-3)11-16(19)12-18/h5-8,13,16-17H,4,9-12,18H2,1-3H3. The van der Waals surface area contributed by atoms with Crippen molar-refractivity contribution in [1.29, 1.82) is 0 Å². The largest absolute Gasteiger partial charge is 0.381 e. The topological polar surface area (TPSA) is 38.5 Å². The summed E-state index contributed by atoms with van der Waals surface area (Å²) in [7, 11) is 1.81. The molecule has 3 atom stereocenters. The SMILES string of the molecule is CCc1ccc(C(C)N2CCC(OC)CC2CN)cc1. The van der Waals surface area contributed by atoms with Gasteiger partial charge in [-0.05, 0) is 37.3 Å². The number of aryl methyl sites for hydroxylation is 1. The number of hydrogen-bond acceptors (Lipinski definition) is 3. The van der Waals surface area contributed by atoms with E-state index in [4.69, 9.17) is 10.5 Å². The summed E-state index contributed by atoms with van der Waals surface area (Å²) >= 11 is 0. The molecule has 1 saturated heterocycles. The van der Waals surface area contributed by atoms with Gasteiger partial charge in [0, 0.05) is 32.3 Å². The quantitative estimate of drug-likeness (QED) is 0.898. The van der Waals surface area contributed by atoms with Crippen LogP contribution in [0.25, 0.3) is 0 Å². The van der Waals surface area contributed by atoms with Crippen molar-refractivity contribution in [1.82, 2.24) is 4.90 Å². The minimum atomic E-state index is 0.370. The fraction of sp³-hybridized carbons (Fsp3) is 0.647. The smallest absolute Gasteiger partial charge is 0.0599 e. The second-order valence-electron chi connectivity index (χ2n) is 5.78. The van der Waals surface area contributed by atoms with Crippen molar-refractivity contribution in [2.45, 2.75) is 51.3 Å². The molecule has 0 saturated carbocycles. The van der Waals surface area contributed by atoms with Crippen LogP contribution in [0.1, 0.15) is 43.9 Å². The lowest BCUT2D eigenvalue weighted by molar-refractivity contribution is -0.00164. The van der Waals surface area contributed by atoms with Crippen molar-refractivity contribution >= 4 is 0 Å². The maximum absolute atomic E-state index is 5.97. The van der Waals surface area contributed by atoms with Crippen LogP contribution in [0.3, 0.4) is 0 Å². The molecule has 1 aliphatic rings. The molecule has 2 rings (SSSR count). The molecule has 0 bridgehead atoms. The summed E-state index contributed by atoms with van der Waals surface area (Å²) in [5.41, 5.74) is 8.76. The summed E-state index contributed by atoms with van der Waals surface area (Å²) in [6.45, 7) is 6.25. The first kappa shape index (κ1) is 15.5. The highest BCUT2D eigenvalue weighted by Gasteiger charge is 2.30. The van der Waals surface area contributed by atoms with Crippen LogP contribution in [0.4, 0.5) is 0 Å². The molecule has 2 N–H and O–H groups in total. The van der Waals surface area contributed by atoms with Crippen LogP contribution in [0.5, 0.6) is 0 Å². The Morgan fingerprint density at radius 2 is 2.05 bits per heavy atom. The number of nitrogens with zero attached hydrogens (tertiary/aromatic N) is 1. The van der Waals surface area contributed by atoms with Gasteiger partial charge < -0.3 is 10.5 Å². The van der Waals surface area contributed by atoms with Gasteiger partial charge in [-0.3, -0.25) is 4.90 Å². The normalized spacial score (nSPS) is 25.6.